The van der Waals surface area contributed by atoms with Crippen molar-refractivity contribution in [2.75, 3.05) is 62.8 Å². The predicted molar refractivity (Wildman–Crippen MR) is 221 cm³/mol. The van der Waals surface area contributed by atoms with Crippen LogP contribution in [0.3, 0.4) is 0 Å². The summed E-state index contributed by atoms with van der Waals surface area (Å²) in [5.74, 6) is -0.175. The van der Waals surface area contributed by atoms with Gasteiger partial charge in [-0.05, 0) is 98.3 Å². The van der Waals surface area contributed by atoms with Crippen LogP contribution < -0.4 is 14.9 Å². The minimum Gasteiger partial charge on any atom is -0.376 e. The highest BCUT2D eigenvalue weighted by Crippen LogP contribution is 2.30. The van der Waals surface area contributed by atoms with Gasteiger partial charge in [0.25, 0.3) is 21.6 Å². The molecule has 0 aliphatic carbocycles. The maximum atomic E-state index is 13.3. The number of anilines is 2. The maximum absolute atomic E-state index is 13.3. The fourth-order valence-electron chi connectivity index (χ4n) is 6.46. The molecule has 1 aliphatic rings. The summed E-state index contributed by atoms with van der Waals surface area (Å²) in [7, 11) is -0.495. The zero-order valence-electron chi connectivity index (χ0n) is 31.0. The van der Waals surface area contributed by atoms with Crippen molar-refractivity contribution in [3.8, 4) is 11.1 Å². The molecular weight excluding hydrogens is 733 g/mol. The molecule has 0 unspecified atom stereocenters. The molecule has 5 aromatic rings. The van der Waals surface area contributed by atoms with Gasteiger partial charge in [-0.3, -0.25) is 19.8 Å². The van der Waals surface area contributed by atoms with Crippen molar-refractivity contribution in [2.24, 2.45) is 0 Å². The lowest BCUT2D eigenvalue weighted by Crippen LogP contribution is -2.46. The van der Waals surface area contributed by atoms with Gasteiger partial charge in [0.15, 0.2) is 0 Å². The Labute approximate surface area is 327 Å². The van der Waals surface area contributed by atoms with E-state index in [0.29, 0.717) is 12.2 Å². The van der Waals surface area contributed by atoms with Crippen LogP contribution in [0.25, 0.3) is 11.1 Å². The number of piperazine rings is 1. The molecule has 286 valence electrons. The predicted octanol–water partition coefficient (Wildman–Crippen LogP) is 7.23. The quantitative estimate of drug-likeness (QED) is 0.0602. The van der Waals surface area contributed by atoms with E-state index in [1.165, 1.54) is 28.8 Å². The van der Waals surface area contributed by atoms with Gasteiger partial charge in [-0.25, -0.2) is 13.1 Å². The number of nitrogens with zero attached hydrogens (tertiary/aromatic N) is 4. The molecule has 0 saturated carbocycles. The summed E-state index contributed by atoms with van der Waals surface area (Å²) in [5.41, 5.74) is 4.59. The number of hydrogen-bond donors (Lipinski definition) is 2. The smallest absolute Gasteiger partial charge is 0.293 e. The number of hydrogen-bond acceptors (Lipinski definition) is 10. The Morgan fingerprint density at radius 2 is 1.51 bits per heavy atom. The first-order valence-electron chi connectivity index (χ1n) is 18.2. The average Bonchev–Trinajstić information content (AvgIpc) is 3.20. The standard InChI is InChI=1S/C42H46N6O5S2/c1-45(2)23-22-36(31-54-38-14-7-4-8-15-38)43-40-21-20-39(29-41(40)48(50)51)55(52,53)44-42(49)34-16-18-37(19-17-34)47-26-24-46(25-27-47)30-32-10-9-13-35(28-32)33-11-5-3-6-12-33/h3-21,28-29,36,43H,22-27,30-31H2,1-2H3,(H,44,49)/t36-/m1/s1. The first-order valence-corrected chi connectivity index (χ1v) is 20.7. The lowest BCUT2D eigenvalue weighted by atomic mass is 10.0. The van der Waals surface area contributed by atoms with Crippen LogP contribution in [0.5, 0.6) is 0 Å². The molecule has 6 rings (SSSR count). The van der Waals surface area contributed by atoms with E-state index in [-0.39, 0.29) is 27.9 Å². The van der Waals surface area contributed by atoms with Gasteiger partial charge in [0.2, 0.25) is 0 Å². The van der Waals surface area contributed by atoms with Gasteiger partial charge in [0, 0.05) is 66.7 Å². The Morgan fingerprint density at radius 3 is 2.18 bits per heavy atom. The second-order valence-electron chi connectivity index (χ2n) is 13.8. The van der Waals surface area contributed by atoms with Crippen LogP contribution in [0.4, 0.5) is 17.1 Å². The topological polar surface area (TPSA) is 128 Å². The molecular formula is C42H46N6O5S2. The summed E-state index contributed by atoms with van der Waals surface area (Å²) in [5, 5.41) is 15.4. The third kappa shape index (κ3) is 10.9. The third-order valence-electron chi connectivity index (χ3n) is 9.49. The first-order chi connectivity index (χ1) is 26.5. The van der Waals surface area contributed by atoms with E-state index in [4.69, 9.17) is 0 Å². The van der Waals surface area contributed by atoms with E-state index in [1.807, 2.05) is 79.7 Å². The highest BCUT2D eigenvalue weighted by atomic mass is 32.2. The van der Waals surface area contributed by atoms with Crippen molar-refractivity contribution in [1.29, 1.82) is 0 Å². The van der Waals surface area contributed by atoms with E-state index < -0.39 is 20.9 Å². The molecule has 11 nitrogen and oxygen atoms in total. The zero-order chi connectivity index (χ0) is 38.8. The third-order valence-corrected chi connectivity index (χ3v) is 12.0. The number of nitro groups is 1. The molecule has 5 aromatic carbocycles. The molecule has 1 aliphatic heterocycles. The van der Waals surface area contributed by atoms with Gasteiger partial charge in [0.1, 0.15) is 5.69 Å². The van der Waals surface area contributed by atoms with Crippen molar-refractivity contribution in [2.45, 2.75) is 28.8 Å². The van der Waals surface area contributed by atoms with Gasteiger partial charge < -0.3 is 15.1 Å². The van der Waals surface area contributed by atoms with Crippen molar-refractivity contribution in [3.05, 3.63) is 149 Å². The van der Waals surface area contributed by atoms with Gasteiger partial charge >= 0.3 is 0 Å². The number of nitro benzene ring substituents is 1. The van der Waals surface area contributed by atoms with Crippen LogP contribution in [-0.2, 0) is 16.6 Å². The molecule has 1 saturated heterocycles. The number of rotatable bonds is 16. The van der Waals surface area contributed by atoms with Crippen LogP contribution in [0.2, 0.25) is 0 Å². The maximum Gasteiger partial charge on any atom is 0.293 e. The number of benzene rings is 5. The molecule has 1 atom stereocenters. The molecule has 1 heterocycles. The molecule has 55 heavy (non-hydrogen) atoms. The van der Waals surface area contributed by atoms with Gasteiger partial charge in [0.05, 0.1) is 9.82 Å². The van der Waals surface area contributed by atoms with E-state index in [0.717, 1.165) is 55.9 Å². The molecule has 2 N–H and O–H groups in total. The van der Waals surface area contributed by atoms with Gasteiger partial charge in [-0.2, -0.15) is 0 Å². The van der Waals surface area contributed by atoms with E-state index in [1.54, 1.807) is 23.9 Å². The van der Waals surface area contributed by atoms with Crippen molar-refractivity contribution in [3.63, 3.8) is 0 Å². The van der Waals surface area contributed by atoms with Crippen molar-refractivity contribution >= 4 is 44.8 Å². The Kier molecular flexibility index (Phi) is 13.2. The average molecular weight is 779 g/mol. The van der Waals surface area contributed by atoms with E-state index in [9.17, 15) is 23.3 Å². The Bertz CT molecular complexity index is 2160. The summed E-state index contributed by atoms with van der Waals surface area (Å²) in [6.45, 7) is 4.98. The molecule has 0 radical (unpaired) electrons. The summed E-state index contributed by atoms with van der Waals surface area (Å²) in [6.07, 6.45) is 0.708. The largest absolute Gasteiger partial charge is 0.376 e. The van der Waals surface area contributed by atoms with Gasteiger partial charge in [-0.15, -0.1) is 11.8 Å². The number of nitrogens with one attached hydrogen (secondary N) is 2. The molecule has 1 fully saturated rings. The molecule has 1 amide bonds. The molecule has 0 aromatic heterocycles. The van der Waals surface area contributed by atoms with Crippen molar-refractivity contribution in [1.82, 2.24) is 14.5 Å². The highest BCUT2D eigenvalue weighted by Gasteiger charge is 2.26. The second-order valence-corrected chi connectivity index (χ2v) is 16.6. The minimum absolute atomic E-state index is 0.136. The number of amides is 1. The van der Waals surface area contributed by atoms with E-state index in [2.05, 4.69) is 56.2 Å². The van der Waals surface area contributed by atoms with Crippen LogP contribution in [0, 0.1) is 10.1 Å². The summed E-state index contributed by atoms with van der Waals surface area (Å²) >= 11 is 1.64. The number of carbonyl (C=O) groups excluding carboxylic acids is 1. The lowest BCUT2D eigenvalue weighted by Gasteiger charge is -2.36. The molecule has 0 spiro atoms. The normalized spacial score (nSPS) is 14.1. The lowest BCUT2D eigenvalue weighted by molar-refractivity contribution is -0.384. The summed E-state index contributed by atoms with van der Waals surface area (Å²) in [6, 6.07) is 39.2. The van der Waals surface area contributed by atoms with Crippen LogP contribution in [-0.4, -0.2) is 87.7 Å². The fourth-order valence-corrected chi connectivity index (χ4v) is 8.45. The second kappa shape index (κ2) is 18.4. The Morgan fingerprint density at radius 1 is 0.836 bits per heavy atom. The van der Waals surface area contributed by atoms with Gasteiger partial charge in [-0.1, -0.05) is 66.7 Å². The Hall–Kier alpha value is -5.21. The summed E-state index contributed by atoms with van der Waals surface area (Å²) < 4.78 is 28.8. The van der Waals surface area contributed by atoms with E-state index >= 15 is 0 Å². The van der Waals surface area contributed by atoms with Crippen LogP contribution in [0.1, 0.15) is 22.3 Å². The number of thioether (sulfide) groups is 1. The highest BCUT2D eigenvalue weighted by molar-refractivity contribution is 7.99. The fraction of sp³-hybridized carbons (Fsp3) is 0.262. The molecule has 13 heteroatoms. The first kappa shape index (κ1) is 39.5. The van der Waals surface area contributed by atoms with Crippen molar-refractivity contribution < 1.29 is 18.1 Å². The minimum atomic E-state index is -4.42. The zero-order valence-corrected chi connectivity index (χ0v) is 32.6. The monoisotopic (exact) mass is 778 g/mol. The SMILES string of the molecule is CN(C)CC[C@H](CSc1ccccc1)Nc1ccc(S(=O)(=O)NC(=O)c2ccc(N3CCN(Cc4cccc(-c5ccccc5)c4)CC3)cc2)cc1[N+](=O)[O-]. The molecule has 0 bridgehead atoms. The van der Waals surface area contributed by atoms with Crippen LogP contribution >= 0.6 is 11.8 Å². The number of carbonyl (C=O) groups is 1. The van der Waals surface area contributed by atoms with Crippen LogP contribution in [0.15, 0.2) is 137 Å². The number of sulfonamides is 1. The summed E-state index contributed by atoms with van der Waals surface area (Å²) in [4.78, 5) is 32.1. The Balaban J connectivity index is 1.05.